The van der Waals surface area contributed by atoms with E-state index in [4.69, 9.17) is 9.47 Å². The van der Waals surface area contributed by atoms with Crippen molar-refractivity contribution < 1.29 is 24.3 Å². The highest BCUT2D eigenvalue weighted by Crippen LogP contribution is 2.33. The summed E-state index contributed by atoms with van der Waals surface area (Å²) in [6, 6.07) is 2.28. The number of benzene rings is 1. The van der Waals surface area contributed by atoms with Crippen molar-refractivity contribution >= 4 is 34.3 Å². The Bertz CT molecular complexity index is 836. The summed E-state index contributed by atoms with van der Waals surface area (Å²) in [5, 5.41) is 25.3. The number of hydrogen-bond acceptors (Lipinski definition) is 10. The average Bonchev–Trinajstić information content (AvgIpc) is 3.03. The minimum Gasteiger partial charge on any atom is -0.504 e. The monoisotopic (exact) mass is 380 g/mol. The summed E-state index contributed by atoms with van der Waals surface area (Å²) in [5.41, 5.74) is 2.50. The summed E-state index contributed by atoms with van der Waals surface area (Å²) < 4.78 is 9.77. The summed E-state index contributed by atoms with van der Waals surface area (Å²) in [5.74, 6) is -0.655. The first kappa shape index (κ1) is 19.1. The molecule has 0 radical (unpaired) electrons. The molecule has 2 rings (SSSR count). The molecular formula is C15H16N4O6S. The molecule has 0 aliphatic heterocycles. The molecule has 0 unspecified atom stereocenters. The Kier molecular flexibility index (Phi) is 6.44. The molecule has 10 nitrogen and oxygen atoms in total. The smallest absolute Gasteiger partial charge is 0.311 e. The van der Waals surface area contributed by atoms with E-state index in [1.54, 1.807) is 6.92 Å². The predicted molar refractivity (Wildman–Crippen MR) is 95.0 cm³/mol. The number of thiazole rings is 1. The molecule has 1 aromatic carbocycles. The van der Waals surface area contributed by atoms with Crippen LogP contribution in [-0.4, -0.2) is 40.9 Å². The number of anilines is 1. The van der Waals surface area contributed by atoms with Crippen LogP contribution in [-0.2, 0) is 16.0 Å². The van der Waals surface area contributed by atoms with Crippen LogP contribution in [0, 0.1) is 10.1 Å². The molecule has 0 aliphatic rings. The zero-order valence-corrected chi connectivity index (χ0v) is 14.8. The fourth-order valence-corrected chi connectivity index (χ4v) is 2.67. The Morgan fingerprint density at radius 2 is 2.31 bits per heavy atom. The van der Waals surface area contributed by atoms with Gasteiger partial charge in [0.25, 0.3) is 5.69 Å². The Morgan fingerprint density at radius 1 is 1.54 bits per heavy atom. The van der Waals surface area contributed by atoms with E-state index in [2.05, 4.69) is 15.5 Å². The van der Waals surface area contributed by atoms with Gasteiger partial charge >= 0.3 is 5.97 Å². The van der Waals surface area contributed by atoms with Gasteiger partial charge in [-0.1, -0.05) is 11.3 Å². The van der Waals surface area contributed by atoms with Gasteiger partial charge in [-0.2, -0.15) is 5.10 Å². The second kappa shape index (κ2) is 8.76. The number of hydrogen-bond donors (Lipinski definition) is 2. The number of carbonyl (C=O) groups is 1. The van der Waals surface area contributed by atoms with Gasteiger partial charge in [0, 0.05) is 22.7 Å². The molecule has 0 atom stereocenters. The van der Waals surface area contributed by atoms with E-state index in [1.807, 2.05) is 0 Å². The first-order chi connectivity index (χ1) is 12.4. The number of methoxy groups -OCH3 is 1. The largest absolute Gasteiger partial charge is 0.504 e. The van der Waals surface area contributed by atoms with Crippen molar-refractivity contribution in [3.63, 3.8) is 0 Å². The number of carbonyl (C=O) groups excluding carboxylic acids is 1. The topological polar surface area (TPSA) is 136 Å². The highest BCUT2D eigenvalue weighted by Gasteiger charge is 2.15. The van der Waals surface area contributed by atoms with Crippen LogP contribution in [0.5, 0.6) is 11.5 Å². The number of non-ortho nitro benzene ring substituents is 1. The van der Waals surface area contributed by atoms with Crippen LogP contribution < -0.4 is 10.2 Å². The Labute approximate surface area is 152 Å². The summed E-state index contributed by atoms with van der Waals surface area (Å²) in [4.78, 5) is 26.5. The molecule has 0 bridgehead atoms. The molecule has 1 heterocycles. The van der Waals surface area contributed by atoms with E-state index >= 15 is 0 Å². The van der Waals surface area contributed by atoms with Crippen LogP contribution in [0.25, 0.3) is 0 Å². The van der Waals surface area contributed by atoms with Crippen LogP contribution in [0.4, 0.5) is 10.8 Å². The number of phenolic OH excluding ortho intramolecular Hbond substituents is 1. The lowest BCUT2D eigenvalue weighted by atomic mass is 10.2. The molecular weight excluding hydrogens is 364 g/mol. The maximum Gasteiger partial charge on any atom is 0.311 e. The molecule has 26 heavy (non-hydrogen) atoms. The fourth-order valence-electron chi connectivity index (χ4n) is 1.93. The van der Waals surface area contributed by atoms with Crippen molar-refractivity contribution in [3.8, 4) is 11.5 Å². The van der Waals surface area contributed by atoms with Crippen LogP contribution >= 0.6 is 11.3 Å². The SMILES string of the molecule is CCOC(=O)Cc1cnc(N/N=C/c2cc([N+](=O)[O-])cc(OC)c2O)s1. The molecule has 11 heteroatoms. The van der Waals surface area contributed by atoms with Crippen LogP contribution in [0.15, 0.2) is 23.4 Å². The number of nitro groups is 1. The van der Waals surface area contributed by atoms with Crippen LogP contribution in [0.2, 0.25) is 0 Å². The van der Waals surface area contributed by atoms with Gasteiger partial charge in [-0.05, 0) is 6.92 Å². The molecule has 1 aromatic heterocycles. The zero-order chi connectivity index (χ0) is 19.1. The number of nitro benzene ring substituents is 1. The first-order valence-electron chi connectivity index (χ1n) is 7.39. The molecule has 0 spiro atoms. The third-order valence-corrected chi connectivity index (χ3v) is 3.96. The Morgan fingerprint density at radius 3 is 2.96 bits per heavy atom. The second-order valence-electron chi connectivity index (χ2n) is 4.83. The standard InChI is InChI=1S/C15H16N4O6S/c1-3-25-13(20)6-11-8-16-15(26-11)18-17-7-9-4-10(19(22)23)5-12(24-2)14(9)21/h4-5,7-8,21H,3,6H2,1-2H3,(H,16,18)/b17-7+. The number of nitrogens with zero attached hydrogens (tertiary/aromatic N) is 3. The van der Waals surface area contributed by atoms with Gasteiger partial charge < -0.3 is 14.6 Å². The van der Waals surface area contributed by atoms with Gasteiger partial charge in [0.05, 0.1) is 37.3 Å². The van der Waals surface area contributed by atoms with Gasteiger partial charge in [0.15, 0.2) is 11.5 Å². The van der Waals surface area contributed by atoms with E-state index in [1.165, 1.54) is 30.9 Å². The highest BCUT2D eigenvalue weighted by atomic mass is 32.1. The summed E-state index contributed by atoms with van der Waals surface area (Å²) in [7, 11) is 1.29. The summed E-state index contributed by atoms with van der Waals surface area (Å²) in [6.07, 6.45) is 2.84. The number of phenols is 1. The van der Waals surface area contributed by atoms with E-state index in [0.29, 0.717) is 16.6 Å². The van der Waals surface area contributed by atoms with Crippen LogP contribution in [0.1, 0.15) is 17.4 Å². The van der Waals surface area contributed by atoms with Gasteiger partial charge in [-0.15, -0.1) is 0 Å². The maximum absolute atomic E-state index is 11.4. The second-order valence-corrected chi connectivity index (χ2v) is 5.94. The Balaban J connectivity index is 2.09. The van der Waals surface area contributed by atoms with Gasteiger partial charge in [-0.25, -0.2) is 4.98 Å². The Hall–Kier alpha value is -3.21. The predicted octanol–water partition coefficient (Wildman–Crippen LogP) is 2.32. The first-order valence-corrected chi connectivity index (χ1v) is 8.21. The van der Waals surface area contributed by atoms with E-state index in [0.717, 1.165) is 12.1 Å². The lowest BCUT2D eigenvalue weighted by Gasteiger charge is -2.05. The van der Waals surface area contributed by atoms with Crippen molar-refractivity contribution in [2.45, 2.75) is 13.3 Å². The number of rotatable bonds is 8. The van der Waals surface area contributed by atoms with Crippen molar-refractivity contribution in [2.24, 2.45) is 5.10 Å². The van der Waals surface area contributed by atoms with Crippen molar-refractivity contribution in [2.75, 3.05) is 19.1 Å². The fraction of sp³-hybridized carbons (Fsp3) is 0.267. The number of ether oxygens (including phenoxy) is 2. The molecule has 0 saturated carbocycles. The number of hydrazone groups is 1. The molecule has 2 aromatic rings. The lowest BCUT2D eigenvalue weighted by molar-refractivity contribution is -0.385. The van der Waals surface area contributed by atoms with Crippen LogP contribution in [0.3, 0.4) is 0 Å². The third kappa shape index (κ3) is 4.89. The molecule has 0 saturated heterocycles. The van der Waals surface area contributed by atoms with Gasteiger partial charge in [-0.3, -0.25) is 20.3 Å². The van der Waals surface area contributed by atoms with E-state index in [9.17, 15) is 20.0 Å². The molecule has 2 N–H and O–H groups in total. The van der Waals surface area contributed by atoms with Crippen molar-refractivity contribution in [3.05, 3.63) is 38.9 Å². The van der Waals surface area contributed by atoms with Crippen molar-refractivity contribution in [1.29, 1.82) is 0 Å². The molecule has 0 amide bonds. The number of esters is 1. The van der Waals surface area contributed by atoms with Crippen molar-refractivity contribution in [1.82, 2.24) is 4.98 Å². The lowest BCUT2D eigenvalue weighted by Crippen LogP contribution is -2.06. The average molecular weight is 380 g/mol. The van der Waals surface area contributed by atoms with E-state index in [-0.39, 0.29) is 35.1 Å². The number of nitrogens with one attached hydrogen (secondary N) is 1. The number of aromatic hydroxyl groups is 1. The molecule has 138 valence electrons. The minimum absolute atomic E-state index is 0.0355. The zero-order valence-electron chi connectivity index (χ0n) is 14.0. The van der Waals surface area contributed by atoms with Gasteiger partial charge in [0.1, 0.15) is 0 Å². The summed E-state index contributed by atoms with van der Waals surface area (Å²) in [6.45, 7) is 2.04. The molecule has 0 aliphatic carbocycles. The summed E-state index contributed by atoms with van der Waals surface area (Å²) >= 11 is 1.21. The maximum atomic E-state index is 11.4. The normalized spacial score (nSPS) is 10.7. The third-order valence-electron chi connectivity index (χ3n) is 3.06. The van der Waals surface area contributed by atoms with E-state index < -0.39 is 4.92 Å². The highest BCUT2D eigenvalue weighted by molar-refractivity contribution is 7.15. The molecule has 0 fully saturated rings. The van der Waals surface area contributed by atoms with Gasteiger partial charge in [0.2, 0.25) is 5.13 Å². The quantitative estimate of drug-likeness (QED) is 0.308. The number of aromatic nitrogens is 1. The minimum atomic E-state index is -0.602.